The minimum atomic E-state index is -0.457. The fourth-order valence-electron chi connectivity index (χ4n) is 3.22. The van der Waals surface area contributed by atoms with Crippen LogP contribution in [0.15, 0.2) is 4.99 Å². The predicted molar refractivity (Wildman–Crippen MR) is 134 cm³/mol. The van der Waals surface area contributed by atoms with Gasteiger partial charge in [-0.3, -0.25) is 4.99 Å². The van der Waals surface area contributed by atoms with Gasteiger partial charge in [0.05, 0.1) is 0 Å². The summed E-state index contributed by atoms with van der Waals surface area (Å²) >= 11 is 0. The second-order valence-corrected chi connectivity index (χ2v) is 8.73. The van der Waals surface area contributed by atoms with Crippen LogP contribution in [0.1, 0.15) is 47.0 Å². The number of ether oxygens (including phenoxy) is 2. The Kier molecular flexibility index (Phi) is 15.5. The van der Waals surface area contributed by atoms with Gasteiger partial charge >= 0.3 is 6.09 Å². The second kappa shape index (κ2) is 15.9. The topological polar surface area (TPSA) is 78.4 Å². The van der Waals surface area contributed by atoms with Gasteiger partial charge in [0.15, 0.2) is 5.96 Å². The summed E-state index contributed by atoms with van der Waals surface area (Å²) in [5.74, 6) is 1.20. The Hall–Kier alpha value is -0.810. The first-order chi connectivity index (χ1) is 13.7. The van der Waals surface area contributed by atoms with Crippen molar-refractivity contribution in [3.05, 3.63) is 0 Å². The molecule has 1 aliphatic rings. The number of hydrogen-bond donors (Lipinski definition) is 2. The van der Waals surface area contributed by atoms with Crippen molar-refractivity contribution in [3.63, 3.8) is 0 Å². The van der Waals surface area contributed by atoms with E-state index in [2.05, 4.69) is 29.5 Å². The van der Waals surface area contributed by atoms with Crippen LogP contribution < -0.4 is 10.6 Å². The number of nitrogens with one attached hydrogen (secondary N) is 2. The molecule has 0 aromatic rings. The fourth-order valence-corrected chi connectivity index (χ4v) is 3.22. The van der Waals surface area contributed by atoms with Crippen molar-refractivity contribution in [2.45, 2.75) is 52.6 Å². The van der Waals surface area contributed by atoms with Crippen molar-refractivity contribution in [3.8, 4) is 0 Å². The van der Waals surface area contributed by atoms with E-state index in [0.717, 1.165) is 64.6 Å². The van der Waals surface area contributed by atoms with E-state index in [-0.39, 0.29) is 30.1 Å². The number of guanidine groups is 1. The molecule has 1 rings (SSSR count). The number of likely N-dealkylation sites (N-methyl/N-ethyl adjacent to an activating group) is 1. The summed E-state index contributed by atoms with van der Waals surface area (Å²) in [5.41, 5.74) is -0.457. The smallest absolute Gasteiger partial charge is 0.410 e. The first-order valence-corrected chi connectivity index (χ1v) is 10.9. The standard InChI is InChI=1S/C21H43N5O3.HI/c1-7-22-19(23-11-14-25(5)12-9-15-28-6)24-16-18-10-8-13-26(17-18)20(27)29-21(2,3)4;/h18H,7-17H2,1-6H3,(H2,22,23,24);1H. The third kappa shape index (κ3) is 13.5. The highest BCUT2D eigenvalue weighted by molar-refractivity contribution is 14.0. The number of piperidine rings is 1. The molecule has 0 spiro atoms. The number of rotatable bonds is 10. The van der Waals surface area contributed by atoms with Crippen molar-refractivity contribution in [2.75, 3.05) is 66.6 Å². The summed E-state index contributed by atoms with van der Waals surface area (Å²) in [7, 11) is 3.86. The molecule has 0 radical (unpaired) electrons. The van der Waals surface area contributed by atoms with Crippen LogP contribution in [0.3, 0.4) is 0 Å². The molecule has 0 aromatic carbocycles. The quantitative estimate of drug-likeness (QED) is 0.192. The largest absolute Gasteiger partial charge is 0.444 e. The SMILES string of the molecule is CCNC(=NCC1CCCN(C(=O)OC(C)(C)C)C1)NCCN(C)CCCOC.I. The minimum Gasteiger partial charge on any atom is -0.444 e. The molecule has 0 aliphatic carbocycles. The maximum Gasteiger partial charge on any atom is 0.410 e. The summed E-state index contributed by atoms with van der Waals surface area (Å²) < 4.78 is 10.6. The Balaban J connectivity index is 0.00000841. The van der Waals surface area contributed by atoms with Crippen LogP contribution >= 0.6 is 24.0 Å². The van der Waals surface area contributed by atoms with Crippen LogP contribution in [0, 0.1) is 5.92 Å². The van der Waals surface area contributed by atoms with Crippen LogP contribution in [0.5, 0.6) is 0 Å². The van der Waals surface area contributed by atoms with Crippen molar-refractivity contribution < 1.29 is 14.3 Å². The van der Waals surface area contributed by atoms with Crippen LogP contribution in [0.4, 0.5) is 4.79 Å². The molecule has 8 nitrogen and oxygen atoms in total. The Labute approximate surface area is 200 Å². The zero-order chi connectivity index (χ0) is 21.7. The predicted octanol–water partition coefficient (Wildman–Crippen LogP) is 2.77. The Bertz CT molecular complexity index is 500. The molecule has 30 heavy (non-hydrogen) atoms. The van der Waals surface area contributed by atoms with Gasteiger partial charge in [-0.2, -0.15) is 0 Å². The molecule has 1 fully saturated rings. The number of aliphatic imine (C=N–C) groups is 1. The number of halogens is 1. The molecule has 1 saturated heterocycles. The van der Waals surface area contributed by atoms with E-state index in [0.29, 0.717) is 19.0 Å². The number of likely N-dealkylation sites (tertiary alicyclic amines) is 1. The average Bonchev–Trinajstić information content (AvgIpc) is 2.65. The molecule has 9 heteroatoms. The zero-order valence-electron chi connectivity index (χ0n) is 19.8. The Morgan fingerprint density at radius 1 is 1.27 bits per heavy atom. The molecule has 1 amide bonds. The van der Waals surface area contributed by atoms with Gasteiger partial charge in [0, 0.05) is 59.5 Å². The maximum absolute atomic E-state index is 12.3. The maximum atomic E-state index is 12.3. The lowest BCUT2D eigenvalue weighted by Crippen LogP contribution is -2.44. The van der Waals surface area contributed by atoms with E-state index in [1.807, 2.05) is 25.7 Å². The minimum absolute atomic E-state index is 0. The lowest BCUT2D eigenvalue weighted by atomic mass is 9.98. The second-order valence-electron chi connectivity index (χ2n) is 8.73. The van der Waals surface area contributed by atoms with E-state index < -0.39 is 5.60 Å². The number of amides is 1. The van der Waals surface area contributed by atoms with Gasteiger partial charge in [0.1, 0.15) is 5.60 Å². The van der Waals surface area contributed by atoms with E-state index in [1.165, 1.54) is 0 Å². The number of carbonyl (C=O) groups is 1. The fraction of sp³-hybridized carbons (Fsp3) is 0.905. The summed E-state index contributed by atoms with van der Waals surface area (Å²) in [6, 6.07) is 0. The van der Waals surface area contributed by atoms with E-state index >= 15 is 0 Å². The zero-order valence-corrected chi connectivity index (χ0v) is 22.2. The third-order valence-electron chi connectivity index (χ3n) is 4.70. The lowest BCUT2D eigenvalue weighted by Gasteiger charge is -2.33. The molecule has 0 saturated carbocycles. The molecule has 1 atom stereocenters. The Morgan fingerprint density at radius 3 is 2.63 bits per heavy atom. The molecule has 1 heterocycles. The van der Waals surface area contributed by atoms with E-state index in [1.54, 1.807) is 7.11 Å². The van der Waals surface area contributed by atoms with Gasteiger partial charge in [-0.25, -0.2) is 4.79 Å². The number of nitrogens with zero attached hydrogens (tertiary/aromatic N) is 3. The first kappa shape index (κ1) is 29.2. The molecule has 178 valence electrons. The highest BCUT2D eigenvalue weighted by Gasteiger charge is 2.27. The molecule has 1 unspecified atom stereocenters. The number of carbonyl (C=O) groups excluding carboxylic acids is 1. The number of methoxy groups -OCH3 is 1. The summed E-state index contributed by atoms with van der Waals surface area (Å²) in [5, 5.41) is 6.72. The lowest BCUT2D eigenvalue weighted by molar-refractivity contribution is 0.0170. The van der Waals surface area contributed by atoms with Gasteiger partial charge < -0.3 is 29.9 Å². The van der Waals surface area contributed by atoms with Crippen LogP contribution in [0.25, 0.3) is 0 Å². The van der Waals surface area contributed by atoms with Gasteiger partial charge in [-0.1, -0.05) is 0 Å². The van der Waals surface area contributed by atoms with E-state index in [4.69, 9.17) is 14.5 Å². The van der Waals surface area contributed by atoms with Crippen LogP contribution in [-0.2, 0) is 9.47 Å². The molecule has 0 aromatic heterocycles. The van der Waals surface area contributed by atoms with Crippen molar-refractivity contribution in [1.29, 1.82) is 0 Å². The van der Waals surface area contributed by atoms with Crippen LogP contribution in [0.2, 0.25) is 0 Å². The monoisotopic (exact) mass is 541 g/mol. The first-order valence-electron chi connectivity index (χ1n) is 10.9. The molecular formula is C21H44IN5O3. The van der Waals surface area contributed by atoms with Gasteiger partial charge in [-0.15, -0.1) is 24.0 Å². The van der Waals surface area contributed by atoms with Crippen LogP contribution in [-0.4, -0.2) is 94.0 Å². The highest BCUT2D eigenvalue weighted by atomic mass is 127. The third-order valence-corrected chi connectivity index (χ3v) is 4.70. The van der Waals surface area contributed by atoms with Gasteiger partial charge in [-0.05, 0) is 59.9 Å². The van der Waals surface area contributed by atoms with E-state index in [9.17, 15) is 4.79 Å². The van der Waals surface area contributed by atoms with Gasteiger partial charge in [0.2, 0.25) is 0 Å². The average molecular weight is 542 g/mol. The molecule has 2 N–H and O–H groups in total. The summed E-state index contributed by atoms with van der Waals surface area (Å²) in [6.45, 7) is 14.4. The van der Waals surface area contributed by atoms with Crippen molar-refractivity contribution in [1.82, 2.24) is 20.4 Å². The summed E-state index contributed by atoms with van der Waals surface area (Å²) in [6.07, 6.45) is 2.91. The Morgan fingerprint density at radius 2 is 2.00 bits per heavy atom. The number of hydrogen-bond acceptors (Lipinski definition) is 5. The normalized spacial score (nSPS) is 17.5. The van der Waals surface area contributed by atoms with Crippen molar-refractivity contribution in [2.24, 2.45) is 10.9 Å². The molecule has 0 bridgehead atoms. The highest BCUT2D eigenvalue weighted by Crippen LogP contribution is 2.19. The summed E-state index contributed by atoms with van der Waals surface area (Å²) in [4.78, 5) is 21.2. The van der Waals surface area contributed by atoms with Crippen molar-refractivity contribution >= 4 is 36.0 Å². The molecular weight excluding hydrogens is 497 g/mol. The van der Waals surface area contributed by atoms with Gasteiger partial charge in [0.25, 0.3) is 0 Å². The molecule has 1 aliphatic heterocycles.